The molecule has 0 aliphatic rings. The molecule has 2 N–H and O–H groups in total. The summed E-state index contributed by atoms with van der Waals surface area (Å²) in [5.41, 5.74) is 1.17. The second-order valence-corrected chi connectivity index (χ2v) is 8.27. The number of carbonyl (C=O) groups excluding carboxylic acids is 1. The maximum Gasteiger partial charge on any atom is 0.246 e. The number of hydrogen-bond acceptors (Lipinski definition) is 4. The lowest BCUT2D eigenvalue weighted by atomic mass is 10.2. The fourth-order valence-corrected chi connectivity index (χ4v) is 3.13. The van der Waals surface area contributed by atoms with Crippen LogP contribution in [0.25, 0.3) is 0 Å². The van der Waals surface area contributed by atoms with E-state index < -0.39 is 16.1 Å². The van der Waals surface area contributed by atoms with Crippen molar-refractivity contribution in [2.24, 2.45) is 0 Å². The number of anilines is 2. The zero-order valence-electron chi connectivity index (χ0n) is 14.2. The molecule has 0 fully saturated rings. The summed E-state index contributed by atoms with van der Waals surface area (Å²) in [4.78, 5) is 12.4. The summed E-state index contributed by atoms with van der Waals surface area (Å²) < 4.78 is 25.4. The number of nitrogens with zero attached hydrogens (tertiary/aromatic N) is 1. The largest absolute Gasteiger partial charge is 0.374 e. The first-order valence-electron chi connectivity index (χ1n) is 7.56. The second kappa shape index (κ2) is 7.86. The topological polar surface area (TPSA) is 78.5 Å². The predicted octanol–water partition coefficient (Wildman–Crippen LogP) is 3.03. The van der Waals surface area contributed by atoms with Crippen molar-refractivity contribution in [2.45, 2.75) is 17.9 Å². The molecule has 0 aliphatic carbocycles. The Morgan fingerprint density at radius 2 is 1.72 bits per heavy atom. The monoisotopic (exact) mass is 381 g/mol. The molecule has 0 radical (unpaired) electrons. The van der Waals surface area contributed by atoms with E-state index >= 15 is 0 Å². The fourth-order valence-electron chi connectivity index (χ4n) is 2.06. The van der Waals surface area contributed by atoms with E-state index in [0.717, 1.165) is 9.99 Å². The molecule has 1 atom stereocenters. The smallest absolute Gasteiger partial charge is 0.246 e. The van der Waals surface area contributed by atoms with Crippen LogP contribution in [0.2, 0.25) is 5.02 Å². The van der Waals surface area contributed by atoms with Crippen LogP contribution < -0.4 is 10.6 Å². The molecule has 0 aromatic heterocycles. The maximum absolute atomic E-state index is 12.3. The summed E-state index contributed by atoms with van der Waals surface area (Å²) in [5.74, 6) is -0.283. The number of hydrogen-bond donors (Lipinski definition) is 2. The number of rotatable bonds is 6. The zero-order chi connectivity index (χ0) is 18.6. The van der Waals surface area contributed by atoms with Gasteiger partial charge < -0.3 is 10.6 Å². The first kappa shape index (κ1) is 19.2. The minimum absolute atomic E-state index is 0.119. The van der Waals surface area contributed by atoms with Crippen LogP contribution in [0.3, 0.4) is 0 Å². The molecular weight excluding hydrogens is 362 g/mol. The number of benzene rings is 2. The van der Waals surface area contributed by atoms with Crippen LogP contribution in [0.15, 0.2) is 53.4 Å². The summed E-state index contributed by atoms with van der Waals surface area (Å²) in [5, 5.41) is 6.38. The van der Waals surface area contributed by atoms with Crippen molar-refractivity contribution in [2.75, 3.05) is 24.7 Å². The van der Waals surface area contributed by atoms with E-state index in [1.54, 1.807) is 43.3 Å². The molecule has 1 amide bonds. The van der Waals surface area contributed by atoms with Crippen molar-refractivity contribution < 1.29 is 13.2 Å². The minimum Gasteiger partial charge on any atom is -0.374 e. The number of nitrogens with one attached hydrogen (secondary N) is 2. The van der Waals surface area contributed by atoms with E-state index in [0.29, 0.717) is 10.7 Å². The Balaban J connectivity index is 2.08. The molecule has 2 aromatic carbocycles. The Bertz CT molecular complexity index is 852. The van der Waals surface area contributed by atoms with Gasteiger partial charge in [0, 0.05) is 30.5 Å². The summed E-state index contributed by atoms with van der Waals surface area (Å²) in [6.07, 6.45) is 0. The normalized spacial score (nSPS) is 12.7. The van der Waals surface area contributed by atoms with Gasteiger partial charge in [0.15, 0.2) is 0 Å². The van der Waals surface area contributed by atoms with Gasteiger partial charge in [-0.05, 0) is 49.4 Å². The van der Waals surface area contributed by atoms with Gasteiger partial charge in [0.25, 0.3) is 0 Å². The lowest BCUT2D eigenvalue weighted by Crippen LogP contribution is -2.32. The molecule has 8 heteroatoms. The molecule has 0 heterocycles. The quantitative estimate of drug-likeness (QED) is 0.806. The van der Waals surface area contributed by atoms with Gasteiger partial charge in [-0.2, -0.15) is 0 Å². The van der Waals surface area contributed by atoms with Crippen LogP contribution in [-0.2, 0) is 14.8 Å². The van der Waals surface area contributed by atoms with E-state index in [9.17, 15) is 13.2 Å². The third kappa shape index (κ3) is 4.94. The summed E-state index contributed by atoms with van der Waals surface area (Å²) in [6, 6.07) is 12.6. The Kier molecular flexibility index (Phi) is 6.05. The van der Waals surface area contributed by atoms with Crippen LogP contribution in [0.4, 0.5) is 11.4 Å². The van der Waals surface area contributed by atoms with Gasteiger partial charge in [0.05, 0.1) is 4.90 Å². The van der Waals surface area contributed by atoms with E-state index in [4.69, 9.17) is 11.6 Å². The minimum atomic E-state index is -3.55. The highest BCUT2D eigenvalue weighted by atomic mass is 35.5. The highest BCUT2D eigenvalue weighted by Crippen LogP contribution is 2.19. The average molecular weight is 382 g/mol. The van der Waals surface area contributed by atoms with E-state index in [1.165, 1.54) is 26.2 Å². The van der Waals surface area contributed by atoms with Crippen molar-refractivity contribution in [3.8, 4) is 0 Å². The Labute approximate surface area is 152 Å². The van der Waals surface area contributed by atoms with E-state index in [-0.39, 0.29) is 10.8 Å². The van der Waals surface area contributed by atoms with Gasteiger partial charge in [0.2, 0.25) is 15.9 Å². The van der Waals surface area contributed by atoms with Crippen molar-refractivity contribution in [1.82, 2.24) is 4.31 Å². The number of halogens is 1. The predicted molar refractivity (Wildman–Crippen MR) is 100 cm³/mol. The highest BCUT2D eigenvalue weighted by Gasteiger charge is 2.18. The first-order valence-corrected chi connectivity index (χ1v) is 9.37. The van der Waals surface area contributed by atoms with Crippen LogP contribution in [0.5, 0.6) is 0 Å². The number of amides is 1. The summed E-state index contributed by atoms with van der Waals surface area (Å²) in [7, 11) is -0.640. The second-order valence-electron chi connectivity index (χ2n) is 5.68. The molecule has 0 saturated heterocycles. The van der Waals surface area contributed by atoms with Crippen molar-refractivity contribution >= 4 is 38.9 Å². The lowest BCUT2D eigenvalue weighted by Gasteiger charge is -2.16. The standard InChI is InChI=1S/C17H20ClN3O3S/c1-12(19-14-9-7-13(18)8-10-14)17(22)20-15-5-4-6-16(11-15)25(23,24)21(2)3/h4-12,19H,1-3H3,(H,20,22)/t12-/m1/s1. The molecule has 134 valence electrons. The van der Waals surface area contributed by atoms with Crippen LogP contribution in [0.1, 0.15) is 6.92 Å². The third-order valence-electron chi connectivity index (χ3n) is 3.50. The van der Waals surface area contributed by atoms with E-state index in [2.05, 4.69) is 10.6 Å². The molecule has 0 unspecified atom stereocenters. The molecule has 0 saturated carbocycles. The molecule has 6 nitrogen and oxygen atoms in total. The van der Waals surface area contributed by atoms with Crippen molar-refractivity contribution in [1.29, 1.82) is 0 Å². The van der Waals surface area contributed by atoms with Crippen molar-refractivity contribution in [3.05, 3.63) is 53.6 Å². The average Bonchev–Trinajstić information content (AvgIpc) is 2.57. The first-order chi connectivity index (χ1) is 11.7. The molecule has 2 aromatic rings. The SMILES string of the molecule is C[C@@H](Nc1ccc(Cl)cc1)C(=O)Nc1cccc(S(=O)(=O)N(C)C)c1. The zero-order valence-corrected chi connectivity index (χ0v) is 15.7. The Morgan fingerprint density at radius 1 is 1.08 bits per heavy atom. The molecular formula is C17H20ClN3O3S. The van der Waals surface area contributed by atoms with E-state index in [1.807, 2.05) is 0 Å². The number of sulfonamides is 1. The van der Waals surface area contributed by atoms with Crippen LogP contribution in [0, 0.1) is 0 Å². The van der Waals surface area contributed by atoms with Gasteiger partial charge in [-0.1, -0.05) is 17.7 Å². The molecule has 2 rings (SSSR count). The summed E-state index contributed by atoms with van der Waals surface area (Å²) in [6.45, 7) is 1.71. The maximum atomic E-state index is 12.3. The highest BCUT2D eigenvalue weighted by molar-refractivity contribution is 7.89. The van der Waals surface area contributed by atoms with Gasteiger partial charge in [0.1, 0.15) is 6.04 Å². The van der Waals surface area contributed by atoms with Gasteiger partial charge in [-0.25, -0.2) is 12.7 Å². The van der Waals surface area contributed by atoms with Gasteiger partial charge in [-0.3, -0.25) is 4.79 Å². The van der Waals surface area contributed by atoms with Gasteiger partial charge >= 0.3 is 0 Å². The van der Waals surface area contributed by atoms with Crippen LogP contribution in [-0.4, -0.2) is 38.8 Å². The summed E-state index contributed by atoms with van der Waals surface area (Å²) >= 11 is 5.83. The molecule has 0 bridgehead atoms. The van der Waals surface area contributed by atoms with Crippen LogP contribution >= 0.6 is 11.6 Å². The molecule has 25 heavy (non-hydrogen) atoms. The molecule has 0 spiro atoms. The molecule has 0 aliphatic heterocycles. The Hall–Kier alpha value is -2.09. The van der Waals surface area contributed by atoms with Gasteiger partial charge in [-0.15, -0.1) is 0 Å². The third-order valence-corrected chi connectivity index (χ3v) is 5.56. The fraction of sp³-hybridized carbons (Fsp3) is 0.235. The van der Waals surface area contributed by atoms with Crippen molar-refractivity contribution in [3.63, 3.8) is 0 Å². The lowest BCUT2D eigenvalue weighted by molar-refractivity contribution is -0.116. The Morgan fingerprint density at radius 3 is 2.32 bits per heavy atom. The number of carbonyl (C=O) groups is 1.